The van der Waals surface area contributed by atoms with Crippen molar-refractivity contribution in [2.45, 2.75) is 6.92 Å². The Kier molecular flexibility index (Phi) is 3.40. The minimum atomic E-state index is -0.515. The topological polar surface area (TPSA) is 52.4 Å². The van der Waals surface area contributed by atoms with E-state index in [1.807, 2.05) is 0 Å². The maximum Gasteiger partial charge on any atom is 0.453 e. The molecule has 4 heteroatoms. The van der Waals surface area contributed by atoms with Crippen molar-refractivity contribution < 1.29 is 9.66 Å². The lowest BCUT2D eigenvalue weighted by atomic mass is 10.2. The largest absolute Gasteiger partial charge is 0.453 e. The van der Waals surface area contributed by atoms with Crippen LogP contribution in [-0.2, 0) is 4.74 Å². The van der Waals surface area contributed by atoms with E-state index in [-0.39, 0.29) is 6.23 Å². The summed E-state index contributed by atoms with van der Waals surface area (Å²) >= 11 is 0. The van der Waals surface area contributed by atoms with Gasteiger partial charge in [-0.25, -0.2) is 0 Å². The van der Waals surface area contributed by atoms with Crippen molar-refractivity contribution in [1.29, 1.82) is 0 Å². The molecule has 0 aromatic heterocycles. The molecule has 0 saturated heterocycles. The Morgan fingerprint density at radius 3 is 2.54 bits per heavy atom. The fraction of sp³-hybridized carbons (Fsp3) is 0.222. The number of nitro groups is 1. The van der Waals surface area contributed by atoms with Crippen LogP contribution in [0.2, 0.25) is 0 Å². The smallest absolute Gasteiger partial charge is 0.303 e. The van der Waals surface area contributed by atoms with Gasteiger partial charge in [-0.2, -0.15) is 0 Å². The Morgan fingerprint density at radius 1 is 1.46 bits per heavy atom. The third-order valence-electron chi connectivity index (χ3n) is 1.47. The molecule has 0 aliphatic rings. The molecular formula is C9H10NO3. The molecule has 0 aliphatic carbocycles. The normalized spacial score (nSPS) is 10.3. The van der Waals surface area contributed by atoms with Crippen molar-refractivity contribution in [3.05, 3.63) is 52.2 Å². The van der Waals surface area contributed by atoms with Crippen molar-refractivity contribution in [3.63, 3.8) is 0 Å². The number of hydrogen-bond donors (Lipinski definition) is 0. The highest BCUT2D eigenvalue weighted by atomic mass is 16.7. The molecule has 0 unspecified atom stereocenters. The minimum absolute atomic E-state index is 0.192. The van der Waals surface area contributed by atoms with Gasteiger partial charge in [0.05, 0.1) is 17.1 Å². The summed E-state index contributed by atoms with van der Waals surface area (Å²) in [5, 5.41) is 10.5. The molecule has 4 nitrogen and oxygen atoms in total. The molecule has 0 heterocycles. The van der Waals surface area contributed by atoms with Crippen molar-refractivity contribution in [2.24, 2.45) is 0 Å². The first-order valence-electron chi connectivity index (χ1n) is 3.95. The van der Waals surface area contributed by atoms with Crippen LogP contribution < -0.4 is 0 Å². The number of benzene rings is 1. The highest BCUT2D eigenvalue weighted by Gasteiger charge is 2.26. The van der Waals surface area contributed by atoms with Gasteiger partial charge in [0.2, 0.25) is 0 Å². The summed E-state index contributed by atoms with van der Waals surface area (Å²) in [6.45, 7) is 2.01. The van der Waals surface area contributed by atoms with Crippen molar-refractivity contribution in [2.75, 3.05) is 6.61 Å². The molecule has 0 amide bonds. The second-order valence-corrected chi connectivity index (χ2v) is 2.36. The summed E-state index contributed by atoms with van der Waals surface area (Å²) in [5.41, 5.74) is 0.495. The zero-order valence-electron chi connectivity index (χ0n) is 7.27. The van der Waals surface area contributed by atoms with Gasteiger partial charge < -0.3 is 4.74 Å². The van der Waals surface area contributed by atoms with Crippen LogP contribution in [0, 0.1) is 16.3 Å². The molecule has 1 aromatic rings. The molecule has 1 aromatic carbocycles. The molecule has 0 atom stereocenters. The molecule has 69 valence electrons. The predicted molar refractivity (Wildman–Crippen MR) is 47.4 cm³/mol. The quantitative estimate of drug-likeness (QED) is 0.524. The van der Waals surface area contributed by atoms with Gasteiger partial charge in [0.25, 0.3) is 0 Å². The number of hydrogen-bond acceptors (Lipinski definition) is 3. The molecule has 0 spiro atoms. The zero-order valence-corrected chi connectivity index (χ0v) is 7.27. The Labute approximate surface area is 76.3 Å². The van der Waals surface area contributed by atoms with Gasteiger partial charge in [-0.3, -0.25) is 10.1 Å². The van der Waals surface area contributed by atoms with E-state index < -0.39 is 4.92 Å². The lowest BCUT2D eigenvalue weighted by molar-refractivity contribution is -0.501. The standard InChI is InChI=1S/C9H10NO3/c1-2-13-9(10(11)12)8-6-4-3-5-7-8/h3-7H,2H2,1H3. The average molecular weight is 180 g/mol. The van der Waals surface area contributed by atoms with Crippen LogP contribution in [0.1, 0.15) is 12.5 Å². The maximum absolute atomic E-state index is 10.5. The van der Waals surface area contributed by atoms with Crippen LogP contribution in [0.3, 0.4) is 0 Å². The SMILES string of the molecule is CCO[C](c1ccccc1)[N+](=O)[O-]. The van der Waals surface area contributed by atoms with Crippen molar-refractivity contribution in [3.8, 4) is 0 Å². The van der Waals surface area contributed by atoms with Gasteiger partial charge in [-0.15, -0.1) is 0 Å². The monoisotopic (exact) mass is 180 g/mol. The van der Waals surface area contributed by atoms with Crippen molar-refractivity contribution in [1.82, 2.24) is 0 Å². The molecule has 0 saturated carbocycles. The van der Waals surface area contributed by atoms with Gasteiger partial charge in [0.1, 0.15) is 0 Å². The molecule has 0 fully saturated rings. The Balaban J connectivity index is 2.82. The average Bonchev–Trinajstić information content (AvgIpc) is 2.15. The molecule has 13 heavy (non-hydrogen) atoms. The van der Waals surface area contributed by atoms with Crippen LogP contribution in [0.5, 0.6) is 0 Å². The Morgan fingerprint density at radius 2 is 2.08 bits per heavy atom. The maximum atomic E-state index is 10.5. The third-order valence-corrected chi connectivity index (χ3v) is 1.47. The lowest BCUT2D eigenvalue weighted by Crippen LogP contribution is -2.15. The van der Waals surface area contributed by atoms with Crippen LogP contribution in [-0.4, -0.2) is 11.5 Å². The highest BCUT2D eigenvalue weighted by molar-refractivity contribution is 5.23. The fourth-order valence-electron chi connectivity index (χ4n) is 0.959. The Hall–Kier alpha value is -1.42. The van der Waals surface area contributed by atoms with Crippen LogP contribution in [0.25, 0.3) is 0 Å². The Bertz CT molecular complexity index is 273. The zero-order chi connectivity index (χ0) is 9.68. The van der Waals surface area contributed by atoms with E-state index in [2.05, 4.69) is 0 Å². The van der Waals surface area contributed by atoms with E-state index >= 15 is 0 Å². The van der Waals surface area contributed by atoms with Crippen LogP contribution in [0.4, 0.5) is 0 Å². The predicted octanol–water partition coefficient (Wildman–Crippen LogP) is 1.84. The number of rotatable bonds is 4. The first-order valence-corrected chi connectivity index (χ1v) is 3.95. The van der Waals surface area contributed by atoms with Crippen LogP contribution >= 0.6 is 0 Å². The summed E-state index contributed by atoms with van der Waals surface area (Å²) in [5.74, 6) is 0. The van der Waals surface area contributed by atoms with E-state index in [1.54, 1.807) is 37.3 Å². The summed E-state index contributed by atoms with van der Waals surface area (Å²) in [6.07, 6.45) is -0.192. The van der Waals surface area contributed by atoms with E-state index in [9.17, 15) is 10.1 Å². The van der Waals surface area contributed by atoms with E-state index in [4.69, 9.17) is 4.74 Å². The highest BCUT2D eigenvalue weighted by Crippen LogP contribution is 2.15. The third kappa shape index (κ3) is 2.52. The minimum Gasteiger partial charge on any atom is -0.303 e. The van der Waals surface area contributed by atoms with Gasteiger partial charge in [-0.1, -0.05) is 18.2 Å². The van der Waals surface area contributed by atoms with Gasteiger partial charge >= 0.3 is 6.23 Å². The summed E-state index contributed by atoms with van der Waals surface area (Å²) in [6, 6.07) is 8.56. The number of ether oxygens (including phenoxy) is 1. The second kappa shape index (κ2) is 4.57. The van der Waals surface area contributed by atoms with E-state index in [0.29, 0.717) is 12.2 Å². The molecule has 0 bridgehead atoms. The van der Waals surface area contributed by atoms with Gasteiger partial charge in [0.15, 0.2) is 0 Å². The second-order valence-electron chi connectivity index (χ2n) is 2.36. The first kappa shape index (κ1) is 9.67. The van der Waals surface area contributed by atoms with E-state index in [1.165, 1.54) is 0 Å². The fourth-order valence-corrected chi connectivity index (χ4v) is 0.959. The molecular weight excluding hydrogens is 170 g/mol. The molecule has 0 aliphatic heterocycles. The van der Waals surface area contributed by atoms with E-state index in [0.717, 1.165) is 0 Å². The molecule has 0 N–H and O–H groups in total. The molecule has 1 radical (unpaired) electrons. The van der Waals surface area contributed by atoms with Gasteiger partial charge in [0, 0.05) is 0 Å². The lowest BCUT2D eigenvalue weighted by Gasteiger charge is -2.04. The van der Waals surface area contributed by atoms with Crippen LogP contribution in [0.15, 0.2) is 30.3 Å². The number of nitrogens with zero attached hydrogens (tertiary/aromatic N) is 1. The molecule has 1 rings (SSSR count). The van der Waals surface area contributed by atoms with Gasteiger partial charge in [-0.05, 0) is 19.1 Å². The first-order chi connectivity index (χ1) is 6.25. The summed E-state index contributed by atoms with van der Waals surface area (Å²) in [4.78, 5) is 10.0. The summed E-state index contributed by atoms with van der Waals surface area (Å²) < 4.78 is 4.91. The van der Waals surface area contributed by atoms with Crippen molar-refractivity contribution >= 4 is 0 Å². The summed E-state index contributed by atoms with van der Waals surface area (Å²) in [7, 11) is 0.